The zero-order valence-electron chi connectivity index (χ0n) is 23.2. The second-order valence-corrected chi connectivity index (χ2v) is 11.0. The third kappa shape index (κ3) is 8.38. The van der Waals surface area contributed by atoms with Gasteiger partial charge in [-0.25, -0.2) is 0 Å². The molecule has 1 aromatic carbocycles. The van der Waals surface area contributed by atoms with Gasteiger partial charge >= 0.3 is 5.97 Å². The van der Waals surface area contributed by atoms with E-state index in [2.05, 4.69) is 34.3 Å². The number of nitrogens with one attached hydrogen (secondary N) is 4. The Morgan fingerprint density at radius 3 is 2.48 bits per heavy atom. The van der Waals surface area contributed by atoms with E-state index >= 15 is 0 Å². The Morgan fingerprint density at radius 2 is 1.82 bits per heavy atom. The van der Waals surface area contributed by atoms with E-state index in [1.54, 1.807) is 14.0 Å². The lowest BCUT2D eigenvalue weighted by molar-refractivity contribution is -0.141. The van der Waals surface area contributed by atoms with E-state index in [0.717, 1.165) is 22.6 Å². The summed E-state index contributed by atoms with van der Waals surface area (Å²) in [5.74, 6) is -1.53. The van der Waals surface area contributed by atoms with Gasteiger partial charge < -0.3 is 31.1 Å². The molecule has 0 spiro atoms. The Morgan fingerprint density at radius 1 is 1.10 bits per heavy atom. The molecule has 3 rings (SSSR count). The second kappa shape index (κ2) is 14.6. The molecule has 0 saturated heterocycles. The Balaban J connectivity index is 1.72. The second-order valence-electron chi connectivity index (χ2n) is 9.98. The van der Waals surface area contributed by atoms with Crippen LogP contribution in [0.4, 0.5) is 0 Å². The minimum atomic E-state index is -1.10. The van der Waals surface area contributed by atoms with Crippen molar-refractivity contribution in [2.45, 2.75) is 44.5 Å². The van der Waals surface area contributed by atoms with E-state index in [0.29, 0.717) is 5.75 Å². The van der Waals surface area contributed by atoms with Crippen LogP contribution in [0.15, 0.2) is 60.0 Å². The summed E-state index contributed by atoms with van der Waals surface area (Å²) in [5.41, 5.74) is 2.98. The van der Waals surface area contributed by atoms with Gasteiger partial charge in [-0.15, -0.1) is 0 Å². The molecule has 0 saturated carbocycles. The van der Waals surface area contributed by atoms with E-state index in [-0.39, 0.29) is 36.3 Å². The number of benzene rings is 1. The third-order valence-corrected chi connectivity index (χ3v) is 8.16. The predicted molar refractivity (Wildman–Crippen MR) is 154 cm³/mol. The van der Waals surface area contributed by atoms with Crippen molar-refractivity contribution in [2.24, 2.45) is 17.8 Å². The van der Waals surface area contributed by atoms with Crippen LogP contribution in [-0.2, 0) is 24.9 Å². The van der Waals surface area contributed by atoms with E-state index in [1.165, 1.54) is 18.8 Å². The van der Waals surface area contributed by atoms with Crippen molar-refractivity contribution in [1.82, 2.24) is 21.3 Å². The van der Waals surface area contributed by atoms with Gasteiger partial charge in [0.05, 0.1) is 19.4 Å². The minimum Gasteiger partial charge on any atom is -0.497 e. The third-order valence-electron chi connectivity index (χ3n) is 6.98. The number of carbonyl (C=O) groups excluding carboxylic acids is 3. The molecule has 2 aliphatic rings. The summed E-state index contributed by atoms with van der Waals surface area (Å²) in [6.45, 7) is 3.64. The predicted octanol–water partition coefficient (Wildman–Crippen LogP) is 2.34. The van der Waals surface area contributed by atoms with Crippen LogP contribution in [0.25, 0.3) is 0 Å². The first-order valence-corrected chi connectivity index (χ1v) is 14.4. The summed E-state index contributed by atoms with van der Waals surface area (Å²) >= 11 is 1.44. The standard InChI is InChI=1S/C29H38N4O6S/c1-17-6-5-7-23-26(17)20(14-31-23)12-24(29(38)32-18(2)27(36)30-3)33-28(37)21(13-25(34)35)16-40-15-19-8-10-22(39-4)11-9-19/h5-11,14,17-18,21,24,26,31H,12-13,15-16H2,1-4H3,(H,30,36)(H,32,38)(H,33,37)(H,34,35)/t17?,18-,21-,24-,26?/m0/s1. The molecule has 0 radical (unpaired) electrons. The highest BCUT2D eigenvalue weighted by Gasteiger charge is 2.35. The fraction of sp³-hybridized carbons (Fsp3) is 0.448. The van der Waals surface area contributed by atoms with E-state index in [9.17, 15) is 24.3 Å². The maximum absolute atomic E-state index is 13.4. The van der Waals surface area contributed by atoms with Crippen LogP contribution >= 0.6 is 11.8 Å². The van der Waals surface area contributed by atoms with Crippen molar-refractivity contribution in [3.63, 3.8) is 0 Å². The van der Waals surface area contributed by atoms with Gasteiger partial charge in [0, 0.05) is 36.4 Å². The molecule has 216 valence electrons. The molecule has 1 heterocycles. The van der Waals surface area contributed by atoms with Crippen molar-refractivity contribution in [1.29, 1.82) is 0 Å². The lowest BCUT2D eigenvalue weighted by atomic mass is 9.81. The first-order chi connectivity index (χ1) is 19.1. The maximum Gasteiger partial charge on any atom is 0.304 e. The number of fused-ring (bicyclic) bond motifs is 1. The summed E-state index contributed by atoms with van der Waals surface area (Å²) in [6, 6.07) is 5.72. The van der Waals surface area contributed by atoms with Gasteiger partial charge in [-0.2, -0.15) is 11.8 Å². The first-order valence-electron chi connectivity index (χ1n) is 13.2. The van der Waals surface area contributed by atoms with Crippen LogP contribution in [0.2, 0.25) is 0 Å². The van der Waals surface area contributed by atoms with E-state index in [1.807, 2.05) is 42.6 Å². The summed E-state index contributed by atoms with van der Waals surface area (Å²) in [4.78, 5) is 50.4. The molecule has 11 heteroatoms. The van der Waals surface area contributed by atoms with Crippen molar-refractivity contribution in [3.8, 4) is 5.75 Å². The van der Waals surface area contributed by atoms with Crippen LogP contribution in [0, 0.1) is 17.8 Å². The van der Waals surface area contributed by atoms with Gasteiger partial charge in [-0.3, -0.25) is 19.2 Å². The van der Waals surface area contributed by atoms with E-state index < -0.39 is 35.8 Å². The molecule has 1 aliphatic heterocycles. The number of carboxylic acid groups (broad SMARTS) is 1. The fourth-order valence-corrected chi connectivity index (χ4v) is 5.87. The summed E-state index contributed by atoms with van der Waals surface area (Å²) in [7, 11) is 3.07. The highest BCUT2D eigenvalue weighted by molar-refractivity contribution is 7.98. The molecule has 0 fully saturated rings. The van der Waals surface area contributed by atoms with Gasteiger partial charge in [-0.1, -0.05) is 31.2 Å². The van der Waals surface area contributed by atoms with Gasteiger partial charge in [-0.05, 0) is 48.6 Å². The van der Waals surface area contributed by atoms with Crippen LogP contribution in [-0.4, -0.2) is 60.8 Å². The number of ether oxygens (including phenoxy) is 1. The molecule has 5 N–H and O–H groups in total. The van der Waals surface area contributed by atoms with Crippen molar-refractivity contribution in [3.05, 3.63) is 65.5 Å². The quantitative estimate of drug-likeness (QED) is 0.229. The summed E-state index contributed by atoms with van der Waals surface area (Å²) in [5, 5.41) is 20.7. The van der Waals surface area contributed by atoms with Crippen LogP contribution < -0.4 is 26.0 Å². The molecule has 1 aromatic rings. The van der Waals surface area contributed by atoms with Crippen molar-refractivity contribution >= 4 is 35.5 Å². The Labute approximate surface area is 239 Å². The van der Waals surface area contributed by atoms with E-state index in [4.69, 9.17) is 4.74 Å². The smallest absolute Gasteiger partial charge is 0.304 e. The summed E-state index contributed by atoms with van der Waals surface area (Å²) < 4.78 is 5.18. The van der Waals surface area contributed by atoms with Crippen LogP contribution in [0.3, 0.4) is 0 Å². The normalized spacial score (nSPS) is 19.6. The molecule has 0 aromatic heterocycles. The number of hydrogen-bond acceptors (Lipinski definition) is 7. The molecule has 1 aliphatic carbocycles. The van der Waals surface area contributed by atoms with Gasteiger partial charge in [0.15, 0.2) is 0 Å². The lowest BCUT2D eigenvalue weighted by Crippen LogP contribution is -2.53. The number of hydrogen-bond donors (Lipinski definition) is 5. The molecule has 10 nitrogen and oxygen atoms in total. The highest BCUT2D eigenvalue weighted by atomic mass is 32.2. The van der Waals surface area contributed by atoms with Crippen LogP contribution in [0.1, 0.15) is 32.3 Å². The Kier molecular flexibility index (Phi) is 11.2. The number of carbonyl (C=O) groups is 4. The average Bonchev–Trinajstić information content (AvgIpc) is 3.35. The Hall–Kier alpha value is -3.73. The number of aliphatic carboxylic acids is 1. The topological polar surface area (TPSA) is 146 Å². The molecule has 0 bridgehead atoms. The molecule has 5 atom stereocenters. The number of thioether (sulfide) groups is 1. The largest absolute Gasteiger partial charge is 0.497 e. The molecular formula is C29H38N4O6S. The Bertz CT molecular complexity index is 1180. The van der Waals surface area contributed by atoms with Crippen LogP contribution in [0.5, 0.6) is 5.75 Å². The van der Waals surface area contributed by atoms with Crippen molar-refractivity contribution < 1.29 is 29.0 Å². The number of rotatable bonds is 14. The maximum atomic E-state index is 13.4. The van der Waals surface area contributed by atoms with Gasteiger partial charge in [0.25, 0.3) is 0 Å². The molecule has 2 unspecified atom stereocenters. The monoisotopic (exact) mass is 570 g/mol. The number of carboxylic acids is 1. The van der Waals surface area contributed by atoms with Gasteiger partial charge in [0.2, 0.25) is 17.7 Å². The zero-order valence-corrected chi connectivity index (χ0v) is 24.0. The lowest BCUT2D eigenvalue weighted by Gasteiger charge is -2.27. The average molecular weight is 571 g/mol. The number of allylic oxidation sites excluding steroid dienone is 4. The number of likely N-dealkylation sites (N-methyl/N-ethyl adjacent to an activating group) is 1. The van der Waals surface area contributed by atoms with Gasteiger partial charge in [0.1, 0.15) is 17.8 Å². The first kappa shape index (κ1) is 30.8. The van der Waals surface area contributed by atoms with Crippen molar-refractivity contribution in [2.75, 3.05) is 19.9 Å². The molecule has 40 heavy (non-hydrogen) atoms. The fourth-order valence-electron chi connectivity index (χ4n) is 4.77. The SMILES string of the molecule is CNC(=O)[C@H](C)NC(=O)[C@H](CC1=CNC2=CC=CC(C)C12)NC(=O)[C@H](CSCc1ccc(OC)cc1)CC(=O)O. The highest BCUT2D eigenvalue weighted by Crippen LogP contribution is 2.37. The molecular weight excluding hydrogens is 532 g/mol. The zero-order chi connectivity index (χ0) is 29.2. The summed E-state index contributed by atoms with van der Waals surface area (Å²) in [6.07, 6.45) is 7.75. The number of methoxy groups -OCH3 is 1. The number of amides is 3. The minimum absolute atomic E-state index is 0.0448. The molecule has 3 amide bonds.